The largest absolute Gasteiger partial charge is 0.370 e. The van der Waals surface area contributed by atoms with Crippen molar-refractivity contribution in [3.63, 3.8) is 0 Å². The molecule has 0 aromatic carbocycles. The smallest absolute Gasteiger partial charge is 0.223 e. The lowest BCUT2D eigenvalue weighted by Gasteiger charge is -2.28. The molecule has 0 aromatic heterocycles. The third-order valence-electron chi connectivity index (χ3n) is 3.38. The number of carbonyl (C=O) groups excluding carboxylic acids is 2. The van der Waals surface area contributed by atoms with E-state index < -0.39 is 11.4 Å². The first-order valence-electron chi connectivity index (χ1n) is 6.16. The molecular formula is C12H23N3O2. The first-order chi connectivity index (χ1) is 7.85. The van der Waals surface area contributed by atoms with Crippen LogP contribution >= 0.6 is 0 Å². The maximum Gasteiger partial charge on any atom is 0.223 e. The number of carbonyl (C=O) groups is 2. The maximum absolute atomic E-state index is 12.1. The number of hydrogen-bond donors (Lipinski definition) is 3. The fraction of sp³-hybridized carbons (Fsp3) is 0.833. The van der Waals surface area contributed by atoms with E-state index in [-0.39, 0.29) is 24.2 Å². The summed E-state index contributed by atoms with van der Waals surface area (Å²) in [4.78, 5) is 23.0. The second-order valence-corrected chi connectivity index (χ2v) is 5.55. The van der Waals surface area contributed by atoms with Crippen LogP contribution in [0, 0.1) is 11.8 Å². The molecular weight excluding hydrogens is 218 g/mol. The van der Waals surface area contributed by atoms with Crippen molar-refractivity contribution in [1.82, 2.24) is 5.32 Å². The number of primary amides is 1. The molecule has 1 fully saturated rings. The van der Waals surface area contributed by atoms with E-state index in [1.54, 1.807) is 0 Å². The van der Waals surface area contributed by atoms with Crippen molar-refractivity contribution in [1.29, 1.82) is 0 Å². The predicted molar refractivity (Wildman–Crippen MR) is 65.9 cm³/mol. The summed E-state index contributed by atoms with van der Waals surface area (Å²) in [5, 5.41) is 2.90. The van der Waals surface area contributed by atoms with Crippen LogP contribution in [0.4, 0.5) is 0 Å². The van der Waals surface area contributed by atoms with Gasteiger partial charge in [-0.05, 0) is 39.2 Å². The minimum Gasteiger partial charge on any atom is -0.370 e. The van der Waals surface area contributed by atoms with Crippen molar-refractivity contribution in [3.8, 4) is 0 Å². The highest BCUT2D eigenvalue weighted by Gasteiger charge is 2.34. The van der Waals surface area contributed by atoms with Gasteiger partial charge >= 0.3 is 0 Å². The van der Waals surface area contributed by atoms with E-state index in [0.29, 0.717) is 6.54 Å². The van der Waals surface area contributed by atoms with Gasteiger partial charge in [0.1, 0.15) is 0 Å². The molecule has 98 valence electrons. The molecule has 1 aliphatic rings. The molecule has 5 N–H and O–H groups in total. The van der Waals surface area contributed by atoms with Crippen LogP contribution in [0.2, 0.25) is 0 Å². The lowest BCUT2D eigenvalue weighted by atomic mass is 9.92. The van der Waals surface area contributed by atoms with Crippen molar-refractivity contribution >= 4 is 11.8 Å². The van der Waals surface area contributed by atoms with Gasteiger partial charge in [-0.2, -0.15) is 0 Å². The Kier molecular flexibility index (Phi) is 4.51. The third kappa shape index (κ3) is 4.00. The second-order valence-electron chi connectivity index (χ2n) is 5.55. The fourth-order valence-electron chi connectivity index (χ4n) is 2.57. The minimum atomic E-state index is -0.579. The van der Waals surface area contributed by atoms with E-state index >= 15 is 0 Å². The molecule has 2 atom stereocenters. The number of nitrogens with two attached hydrogens (primary N) is 2. The van der Waals surface area contributed by atoms with Crippen LogP contribution in [0.1, 0.15) is 39.5 Å². The zero-order valence-corrected chi connectivity index (χ0v) is 10.7. The molecule has 0 aromatic rings. The lowest BCUT2D eigenvalue weighted by molar-refractivity contribution is -0.128. The molecule has 5 heteroatoms. The number of rotatable bonds is 5. The van der Waals surface area contributed by atoms with E-state index in [2.05, 4.69) is 5.32 Å². The van der Waals surface area contributed by atoms with E-state index in [0.717, 1.165) is 19.3 Å². The van der Waals surface area contributed by atoms with Gasteiger partial charge in [-0.15, -0.1) is 0 Å². The summed E-state index contributed by atoms with van der Waals surface area (Å²) >= 11 is 0. The van der Waals surface area contributed by atoms with Gasteiger partial charge in [0, 0.05) is 17.9 Å². The van der Waals surface area contributed by atoms with Gasteiger partial charge in [0.25, 0.3) is 0 Å². The van der Waals surface area contributed by atoms with E-state index in [9.17, 15) is 9.59 Å². The first kappa shape index (κ1) is 14.0. The van der Waals surface area contributed by atoms with Crippen LogP contribution in [0.25, 0.3) is 0 Å². The third-order valence-corrected chi connectivity index (χ3v) is 3.38. The topological polar surface area (TPSA) is 98.2 Å². The van der Waals surface area contributed by atoms with Gasteiger partial charge in [-0.1, -0.05) is 6.42 Å². The summed E-state index contributed by atoms with van der Waals surface area (Å²) in [7, 11) is 0. The van der Waals surface area contributed by atoms with Crippen molar-refractivity contribution in [2.24, 2.45) is 23.3 Å². The van der Waals surface area contributed by atoms with Crippen LogP contribution in [0.15, 0.2) is 0 Å². The molecule has 1 rings (SSSR count). The van der Waals surface area contributed by atoms with Gasteiger partial charge in [0.2, 0.25) is 11.8 Å². The molecule has 1 aliphatic carbocycles. The van der Waals surface area contributed by atoms with Crippen molar-refractivity contribution < 1.29 is 9.59 Å². The van der Waals surface area contributed by atoms with Crippen LogP contribution in [0.3, 0.4) is 0 Å². The Morgan fingerprint density at radius 2 is 2.00 bits per heavy atom. The van der Waals surface area contributed by atoms with Gasteiger partial charge in [0.15, 0.2) is 0 Å². The molecule has 1 saturated carbocycles. The molecule has 2 amide bonds. The summed E-state index contributed by atoms with van der Waals surface area (Å²) in [5.41, 5.74) is 10.2. The fourth-order valence-corrected chi connectivity index (χ4v) is 2.57. The molecule has 0 spiro atoms. The number of nitrogens with one attached hydrogen (secondary N) is 1. The highest BCUT2D eigenvalue weighted by molar-refractivity contribution is 5.81. The second kappa shape index (κ2) is 5.49. The number of amides is 2. The molecule has 2 unspecified atom stereocenters. The van der Waals surface area contributed by atoms with Gasteiger partial charge < -0.3 is 16.8 Å². The molecule has 0 aliphatic heterocycles. The van der Waals surface area contributed by atoms with E-state index in [1.807, 2.05) is 13.8 Å². The molecule has 17 heavy (non-hydrogen) atoms. The molecule has 0 bridgehead atoms. The predicted octanol–water partition coefficient (Wildman–Crippen LogP) is 0.132. The average molecular weight is 241 g/mol. The Morgan fingerprint density at radius 3 is 2.53 bits per heavy atom. The SMILES string of the molecule is CC(C)(CC(N)=O)NC(=O)C1CCCC1CN. The lowest BCUT2D eigenvalue weighted by Crippen LogP contribution is -2.49. The average Bonchev–Trinajstić information content (AvgIpc) is 2.61. The Balaban J connectivity index is 2.56. The molecule has 0 radical (unpaired) electrons. The van der Waals surface area contributed by atoms with Crippen molar-refractivity contribution in [2.75, 3.05) is 6.54 Å². The molecule has 5 nitrogen and oxygen atoms in total. The summed E-state index contributed by atoms with van der Waals surface area (Å²) in [6.45, 7) is 4.17. The van der Waals surface area contributed by atoms with Crippen LogP contribution < -0.4 is 16.8 Å². The highest BCUT2D eigenvalue weighted by atomic mass is 16.2. The highest BCUT2D eigenvalue weighted by Crippen LogP contribution is 2.31. The Hall–Kier alpha value is -1.10. The summed E-state index contributed by atoms with van der Waals surface area (Å²) in [6, 6.07) is 0. The van der Waals surface area contributed by atoms with Crippen molar-refractivity contribution in [3.05, 3.63) is 0 Å². The Labute approximate surface area is 102 Å². The van der Waals surface area contributed by atoms with Gasteiger partial charge in [0.05, 0.1) is 0 Å². The van der Waals surface area contributed by atoms with Crippen molar-refractivity contribution in [2.45, 2.75) is 45.1 Å². The van der Waals surface area contributed by atoms with Gasteiger partial charge in [-0.3, -0.25) is 9.59 Å². The zero-order chi connectivity index (χ0) is 13.1. The summed E-state index contributed by atoms with van der Waals surface area (Å²) in [6.07, 6.45) is 3.11. The van der Waals surface area contributed by atoms with Gasteiger partial charge in [-0.25, -0.2) is 0 Å². The van der Waals surface area contributed by atoms with Crippen LogP contribution in [-0.2, 0) is 9.59 Å². The Bertz CT molecular complexity index is 302. The summed E-state index contributed by atoms with van der Waals surface area (Å²) < 4.78 is 0. The zero-order valence-electron chi connectivity index (χ0n) is 10.7. The monoisotopic (exact) mass is 241 g/mol. The van der Waals surface area contributed by atoms with E-state index in [1.165, 1.54) is 0 Å². The quantitative estimate of drug-likeness (QED) is 0.638. The maximum atomic E-state index is 12.1. The molecule has 0 heterocycles. The molecule has 0 saturated heterocycles. The van der Waals surface area contributed by atoms with Crippen LogP contribution in [0.5, 0.6) is 0 Å². The first-order valence-corrected chi connectivity index (χ1v) is 6.16. The standard InChI is InChI=1S/C12H23N3O2/c1-12(2,6-10(14)16)15-11(17)9-5-3-4-8(9)7-13/h8-9H,3-7,13H2,1-2H3,(H2,14,16)(H,15,17). The summed E-state index contributed by atoms with van der Waals surface area (Å²) in [5.74, 6) is -0.132. The van der Waals surface area contributed by atoms with E-state index in [4.69, 9.17) is 11.5 Å². The normalized spacial score (nSPS) is 24.6. The van der Waals surface area contributed by atoms with Crippen LogP contribution in [-0.4, -0.2) is 23.9 Å². The Morgan fingerprint density at radius 1 is 1.35 bits per heavy atom. The number of hydrogen-bond acceptors (Lipinski definition) is 3. The minimum absolute atomic E-state index is 0.00389.